The van der Waals surface area contributed by atoms with E-state index in [4.69, 9.17) is 34.8 Å². The van der Waals surface area contributed by atoms with Gasteiger partial charge in [0.2, 0.25) is 0 Å². The normalized spacial score (nSPS) is 15.3. The molecule has 0 bridgehead atoms. The van der Waals surface area contributed by atoms with Crippen molar-refractivity contribution in [3.8, 4) is 0 Å². The van der Waals surface area contributed by atoms with Gasteiger partial charge in [-0.3, -0.25) is 9.69 Å². The minimum Gasteiger partial charge on any atom is -0.358 e. The standard InChI is InChI=1S/C15H14Cl3N5O3/c16-10-2-1-3-11(17)9(10)8-21-4-6-22(7-5-21)15(24)13-12(18)14(20-19-13)23(25)26/h1-3H,4-8H2,(H,19,20). The van der Waals surface area contributed by atoms with Crippen LogP contribution in [0.3, 0.4) is 0 Å². The first-order chi connectivity index (χ1) is 12.4. The van der Waals surface area contributed by atoms with E-state index in [1.54, 1.807) is 23.1 Å². The predicted octanol–water partition coefficient (Wildman–Crippen LogP) is 3.24. The van der Waals surface area contributed by atoms with Gasteiger partial charge in [-0.05, 0) is 17.1 Å². The van der Waals surface area contributed by atoms with Crippen LogP contribution in [0.15, 0.2) is 18.2 Å². The number of nitro groups is 1. The fraction of sp³-hybridized carbons (Fsp3) is 0.333. The zero-order chi connectivity index (χ0) is 18.8. The molecule has 1 aliphatic rings. The van der Waals surface area contributed by atoms with Crippen molar-refractivity contribution in [2.45, 2.75) is 6.54 Å². The first-order valence-corrected chi connectivity index (χ1v) is 8.84. The molecule has 0 spiro atoms. The number of hydrogen-bond donors (Lipinski definition) is 1. The number of aromatic nitrogens is 2. The number of rotatable bonds is 4. The molecule has 0 unspecified atom stereocenters. The molecule has 1 saturated heterocycles. The Morgan fingerprint density at radius 1 is 1.19 bits per heavy atom. The van der Waals surface area contributed by atoms with Crippen LogP contribution >= 0.6 is 34.8 Å². The number of nitrogens with zero attached hydrogens (tertiary/aromatic N) is 4. The number of halogens is 3. The van der Waals surface area contributed by atoms with Crippen molar-refractivity contribution in [3.63, 3.8) is 0 Å². The first-order valence-electron chi connectivity index (χ1n) is 7.71. The average Bonchev–Trinajstić information content (AvgIpc) is 3.00. The Labute approximate surface area is 163 Å². The van der Waals surface area contributed by atoms with Crippen LogP contribution in [0.1, 0.15) is 16.1 Å². The Kier molecular flexibility index (Phi) is 5.67. The van der Waals surface area contributed by atoms with Gasteiger partial charge in [0, 0.05) is 48.3 Å². The van der Waals surface area contributed by atoms with Crippen molar-refractivity contribution in [1.82, 2.24) is 20.0 Å². The van der Waals surface area contributed by atoms with E-state index in [2.05, 4.69) is 15.1 Å². The molecule has 26 heavy (non-hydrogen) atoms. The Hall–Kier alpha value is -1.87. The molecule has 0 saturated carbocycles. The minimum absolute atomic E-state index is 0.138. The first kappa shape index (κ1) is 18.9. The van der Waals surface area contributed by atoms with Gasteiger partial charge in [0.25, 0.3) is 5.91 Å². The molecular weight excluding hydrogens is 405 g/mol. The van der Waals surface area contributed by atoms with Crippen molar-refractivity contribution in [2.75, 3.05) is 26.2 Å². The van der Waals surface area contributed by atoms with Crippen LogP contribution in [-0.2, 0) is 6.54 Å². The van der Waals surface area contributed by atoms with E-state index in [1.807, 2.05) is 0 Å². The van der Waals surface area contributed by atoms with Crippen LogP contribution in [0.25, 0.3) is 0 Å². The second-order valence-electron chi connectivity index (χ2n) is 5.76. The van der Waals surface area contributed by atoms with Crippen LogP contribution in [0.2, 0.25) is 15.1 Å². The number of H-pyrrole nitrogens is 1. The highest BCUT2D eigenvalue weighted by Gasteiger charge is 2.30. The SMILES string of the molecule is O=C(c1n[nH]c([N+](=O)[O-])c1Cl)N1CCN(Cc2c(Cl)cccc2Cl)CC1. The van der Waals surface area contributed by atoms with Gasteiger partial charge in [-0.1, -0.05) is 46.0 Å². The Morgan fingerprint density at radius 2 is 1.81 bits per heavy atom. The maximum atomic E-state index is 12.5. The highest BCUT2D eigenvalue weighted by atomic mass is 35.5. The van der Waals surface area contributed by atoms with Crippen LogP contribution in [-0.4, -0.2) is 57.0 Å². The molecule has 1 aromatic heterocycles. The molecule has 0 aliphatic carbocycles. The van der Waals surface area contributed by atoms with Crippen molar-refractivity contribution < 1.29 is 9.72 Å². The molecule has 1 amide bonds. The average molecular weight is 419 g/mol. The van der Waals surface area contributed by atoms with Crippen LogP contribution in [0, 0.1) is 10.1 Å². The van der Waals surface area contributed by atoms with Crippen LogP contribution in [0.5, 0.6) is 0 Å². The number of hydrogen-bond acceptors (Lipinski definition) is 5. The summed E-state index contributed by atoms with van der Waals surface area (Å²) >= 11 is 18.3. The topological polar surface area (TPSA) is 95.4 Å². The minimum atomic E-state index is -0.711. The lowest BCUT2D eigenvalue weighted by atomic mass is 10.2. The van der Waals surface area contributed by atoms with Crippen molar-refractivity contribution >= 4 is 46.5 Å². The fourth-order valence-corrected chi connectivity index (χ4v) is 3.50. The second kappa shape index (κ2) is 7.79. The van der Waals surface area contributed by atoms with E-state index in [0.29, 0.717) is 42.8 Å². The highest BCUT2D eigenvalue weighted by molar-refractivity contribution is 6.36. The van der Waals surface area contributed by atoms with E-state index in [0.717, 1.165) is 5.56 Å². The zero-order valence-corrected chi connectivity index (χ0v) is 15.7. The molecule has 1 aromatic carbocycles. The maximum absolute atomic E-state index is 12.5. The summed E-state index contributed by atoms with van der Waals surface area (Å²) in [7, 11) is 0. The lowest BCUT2D eigenvalue weighted by molar-refractivity contribution is -0.389. The van der Waals surface area contributed by atoms with Crippen LogP contribution < -0.4 is 0 Å². The molecule has 1 fully saturated rings. The second-order valence-corrected chi connectivity index (χ2v) is 6.95. The Morgan fingerprint density at radius 3 is 2.35 bits per heavy atom. The third-order valence-corrected chi connectivity index (χ3v) is 5.24. The van der Waals surface area contributed by atoms with E-state index < -0.39 is 16.6 Å². The quantitative estimate of drug-likeness (QED) is 0.607. The molecule has 0 atom stereocenters. The number of carbonyl (C=O) groups excluding carboxylic acids is 1. The Balaban J connectivity index is 1.63. The summed E-state index contributed by atoms with van der Waals surface area (Å²) in [6, 6.07) is 5.36. The van der Waals surface area contributed by atoms with Crippen molar-refractivity contribution in [1.29, 1.82) is 0 Å². The molecule has 2 aromatic rings. The molecule has 3 rings (SSSR count). The van der Waals surface area contributed by atoms with Gasteiger partial charge in [-0.15, -0.1) is 5.10 Å². The maximum Gasteiger partial charge on any atom is 0.362 e. The largest absolute Gasteiger partial charge is 0.362 e. The van der Waals surface area contributed by atoms with E-state index >= 15 is 0 Å². The molecule has 8 nitrogen and oxygen atoms in total. The summed E-state index contributed by atoms with van der Waals surface area (Å²) in [5, 5.41) is 17.6. The van der Waals surface area contributed by atoms with Gasteiger partial charge in [0.15, 0.2) is 10.7 Å². The van der Waals surface area contributed by atoms with Crippen LogP contribution in [0.4, 0.5) is 5.82 Å². The van der Waals surface area contributed by atoms with E-state index in [-0.39, 0.29) is 10.7 Å². The number of benzene rings is 1. The number of piperazine rings is 1. The number of carbonyl (C=O) groups is 1. The monoisotopic (exact) mass is 417 g/mol. The van der Waals surface area contributed by atoms with Gasteiger partial charge in [-0.25, -0.2) is 0 Å². The smallest absolute Gasteiger partial charge is 0.358 e. The van der Waals surface area contributed by atoms with Gasteiger partial charge < -0.3 is 15.0 Å². The van der Waals surface area contributed by atoms with Gasteiger partial charge in [0.05, 0.1) is 0 Å². The predicted molar refractivity (Wildman–Crippen MR) is 97.9 cm³/mol. The van der Waals surface area contributed by atoms with Crippen molar-refractivity contribution in [2.24, 2.45) is 0 Å². The molecule has 2 heterocycles. The van der Waals surface area contributed by atoms with Crippen molar-refractivity contribution in [3.05, 3.63) is 54.6 Å². The Bertz CT molecular complexity index is 829. The third-order valence-electron chi connectivity index (χ3n) is 4.18. The molecule has 138 valence electrons. The third kappa shape index (κ3) is 3.78. The van der Waals surface area contributed by atoms with Gasteiger partial charge in [-0.2, -0.15) is 0 Å². The lowest BCUT2D eigenvalue weighted by Gasteiger charge is -2.34. The molecule has 1 N–H and O–H groups in total. The summed E-state index contributed by atoms with van der Waals surface area (Å²) in [6.07, 6.45) is 0. The molecule has 11 heteroatoms. The molecular formula is C15H14Cl3N5O3. The molecule has 0 radical (unpaired) electrons. The van der Waals surface area contributed by atoms with E-state index in [1.165, 1.54) is 0 Å². The lowest BCUT2D eigenvalue weighted by Crippen LogP contribution is -2.48. The summed E-state index contributed by atoms with van der Waals surface area (Å²) < 4.78 is 0. The highest BCUT2D eigenvalue weighted by Crippen LogP contribution is 2.28. The van der Waals surface area contributed by atoms with Gasteiger partial charge in [0.1, 0.15) is 0 Å². The number of aromatic amines is 1. The summed E-state index contributed by atoms with van der Waals surface area (Å²) in [5.41, 5.74) is 0.711. The van der Waals surface area contributed by atoms with E-state index in [9.17, 15) is 14.9 Å². The summed E-state index contributed by atoms with van der Waals surface area (Å²) in [6.45, 7) is 2.68. The zero-order valence-electron chi connectivity index (χ0n) is 13.4. The number of nitrogens with one attached hydrogen (secondary N) is 1. The summed E-state index contributed by atoms with van der Waals surface area (Å²) in [4.78, 5) is 26.3. The fourth-order valence-electron chi connectivity index (χ4n) is 2.75. The van der Waals surface area contributed by atoms with Gasteiger partial charge >= 0.3 is 5.82 Å². The molecule has 1 aliphatic heterocycles. The number of amides is 1. The summed E-state index contributed by atoms with van der Waals surface area (Å²) in [5.74, 6) is -0.920.